The molecular formula is C12H15F3N2O. The van der Waals surface area contributed by atoms with E-state index in [0.717, 1.165) is 6.07 Å². The number of halogens is 3. The van der Waals surface area contributed by atoms with Crippen LogP contribution in [0.1, 0.15) is 22.8 Å². The van der Waals surface area contributed by atoms with Gasteiger partial charge >= 0.3 is 6.18 Å². The topological polar surface area (TPSA) is 46.3 Å². The summed E-state index contributed by atoms with van der Waals surface area (Å²) in [5.74, 6) is -0.680. The van der Waals surface area contributed by atoms with Gasteiger partial charge in [0.2, 0.25) is 0 Å². The van der Waals surface area contributed by atoms with Gasteiger partial charge in [-0.3, -0.25) is 4.79 Å². The predicted molar refractivity (Wildman–Crippen MR) is 62.1 cm³/mol. The van der Waals surface area contributed by atoms with E-state index in [4.69, 9.17) is 5.73 Å². The zero-order valence-corrected chi connectivity index (χ0v) is 10.2. The second-order valence-corrected chi connectivity index (χ2v) is 4.21. The Morgan fingerprint density at radius 3 is 2.44 bits per heavy atom. The van der Waals surface area contributed by atoms with Gasteiger partial charge in [0.25, 0.3) is 5.91 Å². The van der Waals surface area contributed by atoms with Crippen molar-refractivity contribution in [2.75, 3.05) is 13.6 Å². The first kappa shape index (κ1) is 14.5. The minimum absolute atomic E-state index is 0.199. The molecule has 1 unspecified atom stereocenters. The van der Waals surface area contributed by atoms with Gasteiger partial charge in [-0.05, 0) is 19.1 Å². The lowest BCUT2D eigenvalue weighted by Crippen LogP contribution is -2.37. The van der Waals surface area contributed by atoms with Gasteiger partial charge in [-0.1, -0.05) is 12.1 Å². The van der Waals surface area contributed by atoms with E-state index in [0.29, 0.717) is 0 Å². The summed E-state index contributed by atoms with van der Waals surface area (Å²) in [5, 5.41) is 0. The van der Waals surface area contributed by atoms with Crippen molar-refractivity contribution in [2.45, 2.75) is 19.1 Å². The van der Waals surface area contributed by atoms with Gasteiger partial charge in [-0.25, -0.2) is 0 Å². The molecule has 0 aliphatic heterocycles. The van der Waals surface area contributed by atoms with E-state index in [1.165, 1.54) is 30.1 Å². The van der Waals surface area contributed by atoms with Crippen LogP contribution in [0.4, 0.5) is 13.2 Å². The van der Waals surface area contributed by atoms with Gasteiger partial charge in [0.15, 0.2) is 0 Å². The van der Waals surface area contributed by atoms with Crippen molar-refractivity contribution in [3.8, 4) is 0 Å². The van der Waals surface area contributed by atoms with E-state index in [1.807, 2.05) is 0 Å². The number of carbonyl (C=O) groups is 1. The number of carbonyl (C=O) groups excluding carboxylic acids is 1. The first-order chi connectivity index (χ1) is 8.23. The molecule has 0 heterocycles. The SMILES string of the molecule is CC(N)CN(C)C(=O)c1ccccc1C(F)(F)F. The van der Waals surface area contributed by atoms with Crippen LogP contribution in [0.2, 0.25) is 0 Å². The van der Waals surface area contributed by atoms with Crippen molar-refractivity contribution in [3.05, 3.63) is 35.4 Å². The molecule has 0 aliphatic rings. The van der Waals surface area contributed by atoms with Crippen LogP contribution in [0.25, 0.3) is 0 Å². The molecule has 0 saturated heterocycles. The Balaban J connectivity index is 3.06. The first-order valence-electron chi connectivity index (χ1n) is 5.40. The molecular weight excluding hydrogens is 245 g/mol. The van der Waals surface area contributed by atoms with Crippen molar-refractivity contribution in [3.63, 3.8) is 0 Å². The molecule has 0 aliphatic carbocycles. The predicted octanol–water partition coefficient (Wildman–Crippen LogP) is 2.12. The fourth-order valence-electron chi connectivity index (χ4n) is 1.64. The van der Waals surface area contributed by atoms with Crippen LogP contribution in [0.15, 0.2) is 24.3 Å². The molecule has 0 saturated carbocycles. The second kappa shape index (κ2) is 5.39. The Bertz CT molecular complexity index is 430. The maximum atomic E-state index is 12.7. The lowest BCUT2D eigenvalue weighted by Gasteiger charge is -2.21. The van der Waals surface area contributed by atoms with Crippen molar-refractivity contribution in [1.82, 2.24) is 4.90 Å². The molecule has 0 radical (unpaired) electrons. The van der Waals surface area contributed by atoms with E-state index in [1.54, 1.807) is 6.92 Å². The number of benzene rings is 1. The zero-order chi connectivity index (χ0) is 13.9. The smallest absolute Gasteiger partial charge is 0.340 e. The molecule has 18 heavy (non-hydrogen) atoms. The molecule has 1 amide bonds. The Morgan fingerprint density at radius 2 is 1.94 bits per heavy atom. The monoisotopic (exact) mass is 260 g/mol. The third kappa shape index (κ3) is 3.46. The first-order valence-corrected chi connectivity index (χ1v) is 5.40. The number of nitrogens with two attached hydrogens (primary N) is 1. The summed E-state index contributed by atoms with van der Waals surface area (Å²) in [7, 11) is 1.43. The van der Waals surface area contributed by atoms with E-state index >= 15 is 0 Å². The second-order valence-electron chi connectivity index (χ2n) is 4.21. The summed E-state index contributed by atoms with van der Waals surface area (Å²) >= 11 is 0. The van der Waals surface area contributed by atoms with Crippen LogP contribution in [-0.2, 0) is 6.18 Å². The molecule has 0 spiro atoms. The molecule has 1 aromatic rings. The third-order valence-electron chi connectivity index (χ3n) is 2.37. The Morgan fingerprint density at radius 1 is 1.39 bits per heavy atom. The largest absolute Gasteiger partial charge is 0.417 e. The van der Waals surface area contributed by atoms with Crippen molar-refractivity contribution in [2.24, 2.45) is 5.73 Å². The van der Waals surface area contributed by atoms with Gasteiger partial charge in [0.1, 0.15) is 0 Å². The molecule has 1 aromatic carbocycles. The van der Waals surface area contributed by atoms with Crippen LogP contribution in [-0.4, -0.2) is 30.4 Å². The number of likely N-dealkylation sites (N-methyl/N-ethyl adjacent to an activating group) is 1. The Labute approximate surface area is 103 Å². The molecule has 2 N–H and O–H groups in total. The van der Waals surface area contributed by atoms with Crippen molar-refractivity contribution in [1.29, 1.82) is 0 Å². The summed E-state index contributed by atoms with van der Waals surface area (Å²) in [4.78, 5) is 13.1. The van der Waals surface area contributed by atoms with E-state index in [9.17, 15) is 18.0 Å². The molecule has 1 rings (SSSR count). The number of rotatable bonds is 3. The number of amides is 1. The average molecular weight is 260 g/mol. The molecule has 0 fully saturated rings. The summed E-state index contributed by atoms with van der Waals surface area (Å²) in [6.45, 7) is 1.88. The van der Waals surface area contributed by atoms with Crippen molar-refractivity contribution >= 4 is 5.91 Å². The van der Waals surface area contributed by atoms with E-state index < -0.39 is 17.6 Å². The fourth-order valence-corrected chi connectivity index (χ4v) is 1.64. The van der Waals surface area contributed by atoms with Gasteiger partial charge in [-0.2, -0.15) is 13.2 Å². The van der Waals surface area contributed by atoms with Crippen LogP contribution in [0, 0.1) is 0 Å². The van der Waals surface area contributed by atoms with Crippen LogP contribution in [0.5, 0.6) is 0 Å². The standard InChI is InChI=1S/C12H15F3N2O/c1-8(16)7-17(2)11(18)9-5-3-4-6-10(9)12(13,14)15/h3-6,8H,7,16H2,1-2H3. The summed E-state index contributed by atoms with van der Waals surface area (Å²) in [5.41, 5.74) is 4.24. The zero-order valence-electron chi connectivity index (χ0n) is 10.2. The Hall–Kier alpha value is -1.56. The van der Waals surface area contributed by atoms with Crippen LogP contribution < -0.4 is 5.73 Å². The number of nitrogens with zero attached hydrogens (tertiary/aromatic N) is 1. The van der Waals surface area contributed by atoms with Crippen LogP contribution in [0.3, 0.4) is 0 Å². The quantitative estimate of drug-likeness (QED) is 0.904. The normalized spacial score (nSPS) is 13.2. The highest BCUT2D eigenvalue weighted by Gasteiger charge is 2.35. The number of hydrogen-bond acceptors (Lipinski definition) is 2. The molecule has 1 atom stereocenters. The lowest BCUT2D eigenvalue weighted by molar-refractivity contribution is -0.138. The maximum absolute atomic E-state index is 12.7. The maximum Gasteiger partial charge on any atom is 0.417 e. The lowest BCUT2D eigenvalue weighted by atomic mass is 10.1. The van der Waals surface area contributed by atoms with Crippen molar-refractivity contribution < 1.29 is 18.0 Å². The minimum Gasteiger partial charge on any atom is -0.340 e. The average Bonchev–Trinajstić information content (AvgIpc) is 2.26. The summed E-state index contributed by atoms with van der Waals surface area (Å²) in [6, 6.07) is 4.43. The number of alkyl halides is 3. The molecule has 100 valence electrons. The minimum atomic E-state index is -4.54. The van der Waals surface area contributed by atoms with Gasteiger partial charge in [0, 0.05) is 19.6 Å². The summed E-state index contributed by atoms with van der Waals surface area (Å²) < 4.78 is 38.2. The highest BCUT2D eigenvalue weighted by molar-refractivity contribution is 5.95. The fraction of sp³-hybridized carbons (Fsp3) is 0.417. The Kier molecular flexibility index (Phi) is 4.34. The van der Waals surface area contributed by atoms with E-state index in [-0.39, 0.29) is 18.2 Å². The highest BCUT2D eigenvalue weighted by Crippen LogP contribution is 2.32. The highest BCUT2D eigenvalue weighted by atomic mass is 19.4. The molecule has 0 aromatic heterocycles. The van der Waals surface area contributed by atoms with Gasteiger partial charge in [0.05, 0.1) is 11.1 Å². The van der Waals surface area contributed by atoms with Gasteiger partial charge < -0.3 is 10.6 Å². The number of hydrogen-bond donors (Lipinski definition) is 1. The molecule has 3 nitrogen and oxygen atoms in total. The molecule has 6 heteroatoms. The molecule has 0 bridgehead atoms. The van der Waals surface area contributed by atoms with Crippen LogP contribution >= 0.6 is 0 Å². The summed E-state index contributed by atoms with van der Waals surface area (Å²) in [6.07, 6.45) is -4.54. The van der Waals surface area contributed by atoms with Gasteiger partial charge in [-0.15, -0.1) is 0 Å². The third-order valence-corrected chi connectivity index (χ3v) is 2.37. The van der Waals surface area contributed by atoms with E-state index in [2.05, 4.69) is 0 Å².